The van der Waals surface area contributed by atoms with E-state index < -0.39 is 0 Å². The molecule has 1 aliphatic heterocycles. The van der Waals surface area contributed by atoms with Gasteiger partial charge in [-0.2, -0.15) is 0 Å². The van der Waals surface area contributed by atoms with Gasteiger partial charge in [0.25, 0.3) is 0 Å². The highest BCUT2D eigenvalue weighted by atomic mass is 35.5. The van der Waals surface area contributed by atoms with E-state index in [0.29, 0.717) is 6.04 Å². The first-order valence-corrected chi connectivity index (χ1v) is 5.61. The van der Waals surface area contributed by atoms with Gasteiger partial charge < -0.3 is 5.32 Å². The number of pyridine rings is 1. The lowest BCUT2D eigenvalue weighted by atomic mass is 10.2. The molecule has 0 radical (unpaired) electrons. The van der Waals surface area contributed by atoms with Crippen molar-refractivity contribution in [2.75, 3.05) is 19.6 Å². The summed E-state index contributed by atoms with van der Waals surface area (Å²) in [5.74, 6) is 0. The molecule has 2 heterocycles. The quantitative estimate of drug-likeness (QED) is 0.853. The molecule has 16 heavy (non-hydrogen) atoms. The highest BCUT2D eigenvalue weighted by molar-refractivity contribution is 5.85. The van der Waals surface area contributed by atoms with Gasteiger partial charge in [-0.3, -0.25) is 9.88 Å². The van der Waals surface area contributed by atoms with Crippen LogP contribution in [0.25, 0.3) is 0 Å². The van der Waals surface area contributed by atoms with Crippen molar-refractivity contribution in [1.82, 2.24) is 15.2 Å². The maximum Gasteiger partial charge on any atom is 0.0372 e. The third kappa shape index (κ3) is 3.74. The lowest BCUT2D eigenvalue weighted by Gasteiger charge is -2.31. The Morgan fingerprint density at radius 2 is 2.31 bits per heavy atom. The van der Waals surface area contributed by atoms with Crippen LogP contribution in [0.1, 0.15) is 18.2 Å². The Morgan fingerprint density at radius 3 is 2.94 bits per heavy atom. The molecule has 1 saturated heterocycles. The van der Waals surface area contributed by atoms with Crippen molar-refractivity contribution in [3.63, 3.8) is 0 Å². The highest BCUT2D eigenvalue weighted by Gasteiger charge is 2.15. The molecule has 1 aromatic heterocycles. The molecule has 2 rings (SSSR count). The van der Waals surface area contributed by atoms with E-state index in [2.05, 4.69) is 34.3 Å². The fourth-order valence-electron chi connectivity index (χ4n) is 2.01. The van der Waals surface area contributed by atoms with Gasteiger partial charge >= 0.3 is 0 Å². The van der Waals surface area contributed by atoms with E-state index in [4.69, 9.17) is 0 Å². The molecular weight excluding hydrogens is 222 g/mol. The second kappa shape index (κ2) is 6.18. The van der Waals surface area contributed by atoms with E-state index in [1.54, 1.807) is 0 Å². The molecule has 90 valence electrons. The van der Waals surface area contributed by atoms with Crippen LogP contribution < -0.4 is 5.32 Å². The van der Waals surface area contributed by atoms with Crippen molar-refractivity contribution in [1.29, 1.82) is 0 Å². The molecule has 4 heteroatoms. The Bertz CT molecular complexity index is 313. The van der Waals surface area contributed by atoms with Gasteiger partial charge in [-0.1, -0.05) is 6.07 Å². The summed E-state index contributed by atoms with van der Waals surface area (Å²) in [6.45, 7) is 8.65. The number of halogens is 1. The summed E-state index contributed by atoms with van der Waals surface area (Å²) in [7, 11) is 0. The predicted molar refractivity (Wildman–Crippen MR) is 69.0 cm³/mol. The molecule has 0 saturated carbocycles. The summed E-state index contributed by atoms with van der Waals surface area (Å²) in [6, 6.07) is 4.87. The summed E-state index contributed by atoms with van der Waals surface area (Å²) in [6.07, 6.45) is 1.99. The van der Waals surface area contributed by atoms with Crippen molar-refractivity contribution < 1.29 is 0 Å². The lowest BCUT2D eigenvalue weighted by molar-refractivity contribution is 0.199. The molecule has 0 aliphatic carbocycles. The molecule has 0 aromatic carbocycles. The van der Waals surface area contributed by atoms with Crippen LogP contribution in [0.5, 0.6) is 0 Å². The number of hydrogen-bond donors (Lipinski definition) is 1. The Morgan fingerprint density at radius 1 is 1.50 bits per heavy atom. The van der Waals surface area contributed by atoms with Gasteiger partial charge in [0.1, 0.15) is 0 Å². The van der Waals surface area contributed by atoms with Crippen LogP contribution in [0.3, 0.4) is 0 Å². The van der Waals surface area contributed by atoms with Crippen molar-refractivity contribution in [2.24, 2.45) is 0 Å². The van der Waals surface area contributed by atoms with Gasteiger partial charge in [0.15, 0.2) is 0 Å². The normalized spacial score (nSPS) is 21.5. The molecule has 0 amide bonds. The van der Waals surface area contributed by atoms with Crippen molar-refractivity contribution in [3.05, 3.63) is 29.6 Å². The summed E-state index contributed by atoms with van der Waals surface area (Å²) in [5.41, 5.74) is 2.40. The fourth-order valence-corrected chi connectivity index (χ4v) is 2.01. The Balaban J connectivity index is 0.00000128. The molecule has 1 unspecified atom stereocenters. The summed E-state index contributed by atoms with van der Waals surface area (Å²) < 4.78 is 0. The highest BCUT2D eigenvalue weighted by Crippen LogP contribution is 2.07. The molecule has 1 aliphatic rings. The van der Waals surface area contributed by atoms with Crippen LogP contribution in [-0.4, -0.2) is 35.6 Å². The third-order valence-electron chi connectivity index (χ3n) is 2.83. The largest absolute Gasteiger partial charge is 0.312 e. The minimum absolute atomic E-state index is 0. The topological polar surface area (TPSA) is 28.2 Å². The van der Waals surface area contributed by atoms with E-state index in [9.17, 15) is 0 Å². The average molecular weight is 242 g/mol. The molecule has 1 N–H and O–H groups in total. The van der Waals surface area contributed by atoms with Crippen molar-refractivity contribution >= 4 is 12.4 Å². The van der Waals surface area contributed by atoms with Crippen molar-refractivity contribution in [3.8, 4) is 0 Å². The second-order valence-corrected chi connectivity index (χ2v) is 4.40. The first-order valence-electron chi connectivity index (χ1n) is 5.61. The molecule has 0 spiro atoms. The smallest absolute Gasteiger partial charge is 0.0372 e. The predicted octanol–water partition coefficient (Wildman–Crippen LogP) is 1.61. The van der Waals surface area contributed by atoms with E-state index in [0.717, 1.165) is 31.9 Å². The van der Waals surface area contributed by atoms with Gasteiger partial charge in [0, 0.05) is 44.1 Å². The molecule has 1 atom stereocenters. The minimum Gasteiger partial charge on any atom is -0.312 e. The van der Waals surface area contributed by atoms with E-state index >= 15 is 0 Å². The zero-order valence-electron chi connectivity index (χ0n) is 9.94. The molecule has 1 aromatic rings. The first kappa shape index (κ1) is 13.4. The zero-order valence-corrected chi connectivity index (χ0v) is 10.8. The van der Waals surface area contributed by atoms with Crippen LogP contribution in [0, 0.1) is 6.92 Å². The standard InChI is InChI=1S/C12H19N3.ClH/c1-10-3-4-12(7-14-10)9-15-6-5-13-11(2)8-15;/h3-4,7,11,13H,5-6,8-9H2,1-2H3;1H. The molecular formula is C12H20ClN3. The number of nitrogens with zero attached hydrogens (tertiary/aromatic N) is 2. The van der Waals surface area contributed by atoms with E-state index in [-0.39, 0.29) is 12.4 Å². The zero-order chi connectivity index (χ0) is 10.7. The van der Waals surface area contributed by atoms with Gasteiger partial charge in [0.05, 0.1) is 0 Å². The minimum atomic E-state index is 0. The van der Waals surface area contributed by atoms with E-state index in [1.165, 1.54) is 5.56 Å². The first-order chi connectivity index (χ1) is 7.24. The fraction of sp³-hybridized carbons (Fsp3) is 0.583. The molecule has 3 nitrogen and oxygen atoms in total. The molecule has 0 bridgehead atoms. The average Bonchev–Trinajstić information content (AvgIpc) is 2.22. The Hall–Kier alpha value is -0.640. The maximum absolute atomic E-state index is 4.32. The van der Waals surface area contributed by atoms with Crippen LogP contribution in [0.15, 0.2) is 18.3 Å². The van der Waals surface area contributed by atoms with Gasteiger partial charge in [-0.25, -0.2) is 0 Å². The number of aromatic nitrogens is 1. The third-order valence-corrected chi connectivity index (χ3v) is 2.83. The summed E-state index contributed by atoms with van der Waals surface area (Å²) in [5, 5.41) is 3.45. The number of hydrogen-bond acceptors (Lipinski definition) is 3. The summed E-state index contributed by atoms with van der Waals surface area (Å²) in [4.78, 5) is 6.80. The number of aryl methyl sites for hydroxylation is 1. The second-order valence-electron chi connectivity index (χ2n) is 4.40. The van der Waals surface area contributed by atoms with E-state index in [1.807, 2.05) is 13.1 Å². The Labute approximate surface area is 104 Å². The molecule has 1 fully saturated rings. The van der Waals surface area contributed by atoms with Crippen LogP contribution in [-0.2, 0) is 6.54 Å². The number of rotatable bonds is 2. The van der Waals surface area contributed by atoms with Gasteiger partial charge in [-0.15, -0.1) is 12.4 Å². The van der Waals surface area contributed by atoms with Crippen LogP contribution in [0.4, 0.5) is 0 Å². The van der Waals surface area contributed by atoms with Crippen molar-refractivity contribution in [2.45, 2.75) is 26.4 Å². The summed E-state index contributed by atoms with van der Waals surface area (Å²) >= 11 is 0. The lowest BCUT2D eigenvalue weighted by Crippen LogP contribution is -2.48. The van der Waals surface area contributed by atoms with Gasteiger partial charge in [0.2, 0.25) is 0 Å². The Kier molecular flexibility index (Phi) is 5.19. The number of piperazine rings is 1. The monoisotopic (exact) mass is 241 g/mol. The SMILES string of the molecule is Cc1ccc(CN2CCNC(C)C2)cn1.Cl. The van der Waals surface area contributed by atoms with Gasteiger partial charge in [-0.05, 0) is 25.5 Å². The van der Waals surface area contributed by atoms with Crippen LogP contribution >= 0.6 is 12.4 Å². The van der Waals surface area contributed by atoms with Crippen LogP contribution in [0.2, 0.25) is 0 Å². The number of nitrogens with one attached hydrogen (secondary N) is 1. The maximum atomic E-state index is 4.32.